The molecule has 0 N–H and O–H groups in total. The van der Waals surface area contributed by atoms with E-state index in [1.54, 1.807) is 0 Å². The van der Waals surface area contributed by atoms with Crippen LogP contribution in [0.2, 0.25) is 18.1 Å². The van der Waals surface area contributed by atoms with Crippen molar-refractivity contribution in [1.29, 1.82) is 5.26 Å². The molecule has 2 aromatic rings. The van der Waals surface area contributed by atoms with Crippen molar-refractivity contribution in [3.63, 3.8) is 0 Å². The van der Waals surface area contributed by atoms with Gasteiger partial charge in [-0.2, -0.15) is 5.26 Å². The Morgan fingerprint density at radius 2 is 1.55 bits per heavy atom. The van der Waals surface area contributed by atoms with Crippen molar-refractivity contribution in [2.45, 2.75) is 69.8 Å². The second kappa shape index (κ2) is 8.98. The van der Waals surface area contributed by atoms with Gasteiger partial charge in [0.25, 0.3) is 0 Å². The summed E-state index contributed by atoms with van der Waals surface area (Å²) in [5.41, 5.74) is 1.34. The number of hydrogen-bond acceptors (Lipinski definition) is 3. The third kappa shape index (κ3) is 4.46. The van der Waals surface area contributed by atoms with E-state index in [0.717, 1.165) is 11.1 Å². The standard InChI is InChI=1S/C26H34N2O2Si/c1-25(2,3)31(4,5)30-26(21-13-8-6-9-14-21,22-15-10-7-11-16-22)23-17-18-24(29)28(23)20-12-19-27/h6-11,13-16,23H,12,17-18,20H2,1-5H3/t23-/m0/s1. The first-order chi connectivity index (χ1) is 14.6. The van der Waals surface area contributed by atoms with E-state index in [1.807, 2.05) is 41.3 Å². The fourth-order valence-electron chi connectivity index (χ4n) is 4.27. The summed E-state index contributed by atoms with van der Waals surface area (Å²) in [5.74, 6) is 0.107. The molecule has 164 valence electrons. The molecule has 2 aromatic carbocycles. The molecule has 1 aliphatic rings. The van der Waals surface area contributed by atoms with E-state index < -0.39 is 13.9 Å². The number of carbonyl (C=O) groups is 1. The maximum atomic E-state index is 12.9. The van der Waals surface area contributed by atoms with Crippen molar-refractivity contribution < 1.29 is 9.22 Å². The molecule has 1 atom stereocenters. The van der Waals surface area contributed by atoms with Gasteiger partial charge in [-0.15, -0.1) is 0 Å². The van der Waals surface area contributed by atoms with Gasteiger partial charge in [0.15, 0.2) is 8.32 Å². The Bertz CT molecular complexity index is 890. The number of amides is 1. The lowest BCUT2D eigenvalue weighted by molar-refractivity contribution is -0.131. The van der Waals surface area contributed by atoms with Crippen LogP contribution in [0.4, 0.5) is 0 Å². The number of benzene rings is 2. The predicted molar refractivity (Wildman–Crippen MR) is 127 cm³/mol. The second-order valence-electron chi connectivity index (χ2n) is 9.88. The molecule has 1 aliphatic heterocycles. The van der Waals surface area contributed by atoms with E-state index in [2.05, 4.69) is 64.2 Å². The summed E-state index contributed by atoms with van der Waals surface area (Å²) in [6.45, 7) is 11.7. The molecule has 0 spiro atoms. The maximum absolute atomic E-state index is 12.9. The highest BCUT2D eigenvalue weighted by Crippen LogP contribution is 2.49. The molecule has 0 bridgehead atoms. The summed E-state index contributed by atoms with van der Waals surface area (Å²) in [4.78, 5) is 14.8. The molecule has 5 heteroatoms. The normalized spacial score (nSPS) is 17.6. The Morgan fingerprint density at radius 1 is 1.03 bits per heavy atom. The van der Waals surface area contributed by atoms with E-state index in [0.29, 0.717) is 25.8 Å². The molecule has 4 nitrogen and oxygen atoms in total. The van der Waals surface area contributed by atoms with E-state index in [9.17, 15) is 10.1 Å². The monoisotopic (exact) mass is 434 g/mol. The van der Waals surface area contributed by atoms with E-state index in [4.69, 9.17) is 4.43 Å². The molecule has 0 unspecified atom stereocenters. The van der Waals surface area contributed by atoms with Crippen LogP contribution in [0.25, 0.3) is 0 Å². The number of rotatable bonds is 7. The van der Waals surface area contributed by atoms with Crippen LogP contribution >= 0.6 is 0 Å². The van der Waals surface area contributed by atoms with Crippen LogP contribution in [0.3, 0.4) is 0 Å². The lowest BCUT2D eigenvalue weighted by atomic mass is 9.79. The summed E-state index contributed by atoms with van der Waals surface area (Å²) in [5, 5.41) is 9.22. The third-order valence-electron chi connectivity index (χ3n) is 6.89. The van der Waals surface area contributed by atoms with Crippen molar-refractivity contribution in [2.24, 2.45) is 0 Å². The predicted octanol–water partition coefficient (Wildman–Crippen LogP) is 5.86. The summed E-state index contributed by atoms with van der Waals surface area (Å²) < 4.78 is 7.37. The Labute approximate surface area is 188 Å². The molecule has 1 amide bonds. The molecule has 31 heavy (non-hydrogen) atoms. The van der Waals surface area contributed by atoms with Crippen molar-refractivity contribution >= 4 is 14.2 Å². The smallest absolute Gasteiger partial charge is 0.223 e. The van der Waals surface area contributed by atoms with E-state index >= 15 is 0 Å². The summed E-state index contributed by atoms with van der Waals surface area (Å²) in [7, 11) is -2.26. The summed E-state index contributed by atoms with van der Waals surface area (Å²) in [6, 6.07) is 22.7. The molecule has 0 aromatic heterocycles. The number of likely N-dealkylation sites (tertiary alicyclic amines) is 1. The highest BCUT2D eigenvalue weighted by atomic mass is 28.4. The van der Waals surface area contributed by atoms with E-state index in [1.165, 1.54) is 0 Å². The zero-order valence-corrected chi connectivity index (χ0v) is 20.4. The Hall–Kier alpha value is -2.42. The van der Waals surface area contributed by atoms with Crippen LogP contribution in [0, 0.1) is 11.3 Å². The number of nitriles is 1. The maximum Gasteiger partial charge on any atom is 0.223 e. The van der Waals surface area contributed by atoms with E-state index in [-0.39, 0.29) is 17.0 Å². The van der Waals surface area contributed by atoms with Crippen LogP contribution in [0.5, 0.6) is 0 Å². The van der Waals surface area contributed by atoms with Crippen molar-refractivity contribution in [3.05, 3.63) is 71.8 Å². The average molecular weight is 435 g/mol. The Balaban J connectivity index is 2.28. The van der Waals surface area contributed by atoms with Gasteiger partial charge in [0.1, 0.15) is 5.60 Å². The van der Waals surface area contributed by atoms with Gasteiger partial charge in [0, 0.05) is 13.0 Å². The van der Waals surface area contributed by atoms with Crippen molar-refractivity contribution in [3.8, 4) is 6.07 Å². The fraction of sp³-hybridized carbons (Fsp3) is 0.462. The lowest BCUT2D eigenvalue weighted by Gasteiger charge is -2.50. The van der Waals surface area contributed by atoms with Crippen LogP contribution in [-0.4, -0.2) is 31.7 Å². The lowest BCUT2D eigenvalue weighted by Crippen LogP contribution is -2.57. The number of hydrogen-bond donors (Lipinski definition) is 0. The molecular weight excluding hydrogens is 400 g/mol. The largest absolute Gasteiger partial charge is 0.401 e. The summed E-state index contributed by atoms with van der Waals surface area (Å²) >= 11 is 0. The first-order valence-electron chi connectivity index (χ1n) is 11.1. The molecule has 0 aliphatic carbocycles. The quantitative estimate of drug-likeness (QED) is 0.513. The van der Waals surface area contributed by atoms with Gasteiger partial charge in [-0.1, -0.05) is 81.4 Å². The van der Waals surface area contributed by atoms with Gasteiger partial charge < -0.3 is 9.33 Å². The molecule has 0 radical (unpaired) electrons. The zero-order chi connectivity index (χ0) is 22.7. The van der Waals surface area contributed by atoms with Gasteiger partial charge in [0.05, 0.1) is 18.5 Å². The second-order valence-corrected chi connectivity index (χ2v) is 14.6. The fourth-order valence-corrected chi connectivity index (χ4v) is 5.75. The minimum atomic E-state index is -2.26. The molecule has 0 saturated carbocycles. The topological polar surface area (TPSA) is 53.3 Å². The minimum Gasteiger partial charge on any atom is -0.401 e. The Morgan fingerprint density at radius 3 is 2.00 bits per heavy atom. The van der Waals surface area contributed by atoms with Crippen LogP contribution in [0.1, 0.15) is 51.2 Å². The average Bonchev–Trinajstić information content (AvgIpc) is 3.11. The van der Waals surface area contributed by atoms with Crippen LogP contribution in [0.15, 0.2) is 60.7 Å². The van der Waals surface area contributed by atoms with Gasteiger partial charge in [0.2, 0.25) is 5.91 Å². The first kappa shape index (κ1) is 23.2. The third-order valence-corrected chi connectivity index (χ3v) is 11.3. The zero-order valence-electron chi connectivity index (χ0n) is 19.4. The molecular formula is C26H34N2O2Si. The van der Waals surface area contributed by atoms with Crippen molar-refractivity contribution in [1.82, 2.24) is 4.90 Å². The first-order valence-corrected chi connectivity index (χ1v) is 14.0. The van der Waals surface area contributed by atoms with Gasteiger partial charge >= 0.3 is 0 Å². The van der Waals surface area contributed by atoms with Crippen LogP contribution in [-0.2, 0) is 14.8 Å². The van der Waals surface area contributed by atoms with Gasteiger partial charge in [-0.25, -0.2) is 0 Å². The molecule has 1 heterocycles. The highest BCUT2D eigenvalue weighted by molar-refractivity contribution is 6.74. The Kier molecular flexibility index (Phi) is 6.73. The molecule has 3 rings (SSSR count). The minimum absolute atomic E-state index is 0.00189. The van der Waals surface area contributed by atoms with Gasteiger partial charge in [-0.3, -0.25) is 4.79 Å². The van der Waals surface area contributed by atoms with Gasteiger partial charge in [-0.05, 0) is 35.7 Å². The van der Waals surface area contributed by atoms with Crippen LogP contribution < -0.4 is 0 Å². The summed E-state index contributed by atoms with van der Waals surface area (Å²) in [6.07, 6.45) is 1.52. The number of carbonyl (C=O) groups excluding carboxylic acids is 1. The SMILES string of the molecule is CC(C)(C)[Si](C)(C)OC(c1ccccc1)(c1ccccc1)[C@@H]1CCC(=O)N1CCC#N. The molecule has 1 saturated heterocycles. The number of nitrogens with zero attached hydrogens (tertiary/aromatic N) is 2. The van der Waals surface area contributed by atoms with Crippen molar-refractivity contribution in [2.75, 3.05) is 6.54 Å². The molecule has 1 fully saturated rings. The highest BCUT2D eigenvalue weighted by Gasteiger charge is 2.54.